The topological polar surface area (TPSA) is 66.4 Å². The summed E-state index contributed by atoms with van der Waals surface area (Å²) >= 11 is 0. The molecule has 1 atom stereocenters. The molecule has 0 radical (unpaired) electrons. The highest BCUT2D eigenvalue weighted by Gasteiger charge is 2.19. The second-order valence-electron chi connectivity index (χ2n) is 4.84. The molecule has 0 bridgehead atoms. The number of hydrogen-bond acceptors (Lipinski definition) is 3. The third kappa shape index (κ3) is 2.91. The van der Waals surface area contributed by atoms with Crippen LogP contribution in [-0.2, 0) is 22.9 Å². The Labute approximate surface area is 108 Å². The molecule has 0 unspecified atom stereocenters. The molecule has 0 spiro atoms. The van der Waals surface area contributed by atoms with Crippen LogP contribution >= 0.6 is 0 Å². The molecule has 0 saturated carbocycles. The van der Waals surface area contributed by atoms with Crippen molar-refractivity contribution in [2.24, 2.45) is 0 Å². The zero-order valence-corrected chi connectivity index (χ0v) is 11.3. The maximum absolute atomic E-state index is 12.1. The first kappa shape index (κ1) is 13.5. The summed E-state index contributed by atoms with van der Waals surface area (Å²) in [6.07, 6.45) is 4.29. The molecule has 1 aromatic carbocycles. The SMILES string of the molecule is C[C@@H](CO)NS(=O)(=O)c1ccc2c(c1)CCCC2. The Morgan fingerprint density at radius 3 is 2.61 bits per heavy atom. The van der Waals surface area contributed by atoms with Gasteiger partial charge in [-0.3, -0.25) is 0 Å². The number of rotatable bonds is 4. The number of aryl methyl sites for hydroxylation is 2. The minimum absolute atomic E-state index is 0.204. The third-order valence-electron chi connectivity index (χ3n) is 3.26. The van der Waals surface area contributed by atoms with E-state index in [2.05, 4.69) is 4.72 Å². The van der Waals surface area contributed by atoms with Gasteiger partial charge in [-0.2, -0.15) is 0 Å². The molecule has 0 saturated heterocycles. The number of nitrogens with one attached hydrogen (secondary N) is 1. The lowest BCUT2D eigenvalue weighted by Gasteiger charge is -2.17. The van der Waals surface area contributed by atoms with Gasteiger partial charge in [-0.25, -0.2) is 13.1 Å². The van der Waals surface area contributed by atoms with Gasteiger partial charge in [0.1, 0.15) is 0 Å². The molecular weight excluding hydrogens is 250 g/mol. The van der Waals surface area contributed by atoms with Crippen molar-refractivity contribution < 1.29 is 13.5 Å². The van der Waals surface area contributed by atoms with Gasteiger partial charge in [-0.15, -0.1) is 0 Å². The largest absolute Gasteiger partial charge is 0.395 e. The summed E-state index contributed by atoms with van der Waals surface area (Å²) < 4.78 is 26.6. The van der Waals surface area contributed by atoms with Gasteiger partial charge in [0, 0.05) is 6.04 Å². The lowest BCUT2D eigenvalue weighted by atomic mass is 9.92. The molecule has 100 valence electrons. The van der Waals surface area contributed by atoms with Crippen LogP contribution in [0.3, 0.4) is 0 Å². The van der Waals surface area contributed by atoms with Gasteiger partial charge in [0.2, 0.25) is 10.0 Å². The molecule has 4 nitrogen and oxygen atoms in total. The van der Waals surface area contributed by atoms with E-state index < -0.39 is 16.1 Å². The fraction of sp³-hybridized carbons (Fsp3) is 0.538. The van der Waals surface area contributed by atoms with Gasteiger partial charge in [-0.05, 0) is 55.9 Å². The van der Waals surface area contributed by atoms with E-state index in [0.29, 0.717) is 4.90 Å². The highest BCUT2D eigenvalue weighted by atomic mass is 32.2. The quantitative estimate of drug-likeness (QED) is 0.864. The third-order valence-corrected chi connectivity index (χ3v) is 4.85. The fourth-order valence-electron chi connectivity index (χ4n) is 2.25. The molecule has 0 aromatic heterocycles. The lowest BCUT2D eigenvalue weighted by Crippen LogP contribution is -2.35. The Morgan fingerprint density at radius 1 is 1.28 bits per heavy atom. The summed E-state index contributed by atoms with van der Waals surface area (Å²) in [5, 5.41) is 8.91. The van der Waals surface area contributed by atoms with Crippen LogP contribution in [-0.4, -0.2) is 26.2 Å². The van der Waals surface area contributed by atoms with Crippen molar-refractivity contribution in [2.45, 2.75) is 43.5 Å². The molecule has 2 rings (SSSR count). The Morgan fingerprint density at radius 2 is 1.94 bits per heavy atom. The van der Waals surface area contributed by atoms with Crippen LogP contribution in [0.25, 0.3) is 0 Å². The minimum atomic E-state index is -3.52. The van der Waals surface area contributed by atoms with Crippen LogP contribution in [0.1, 0.15) is 30.9 Å². The van der Waals surface area contributed by atoms with E-state index in [1.807, 2.05) is 6.07 Å². The second kappa shape index (κ2) is 5.38. The summed E-state index contributed by atoms with van der Waals surface area (Å²) in [5.74, 6) is 0. The van der Waals surface area contributed by atoms with Gasteiger partial charge < -0.3 is 5.11 Å². The number of aliphatic hydroxyl groups is 1. The highest BCUT2D eigenvalue weighted by Crippen LogP contribution is 2.24. The Bertz CT molecular complexity index is 525. The maximum atomic E-state index is 12.1. The first-order valence-corrected chi connectivity index (χ1v) is 7.76. The van der Waals surface area contributed by atoms with Crippen LogP contribution in [0.15, 0.2) is 23.1 Å². The van der Waals surface area contributed by atoms with Gasteiger partial charge in [0.15, 0.2) is 0 Å². The van der Waals surface area contributed by atoms with Crippen LogP contribution in [0.2, 0.25) is 0 Å². The van der Waals surface area contributed by atoms with Crippen molar-refractivity contribution in [1.82, 2.24) is 4.72 Å². The predicted octanol–water partition coefficient (Wildman–Crippen LogP) is 1.22. The number of aliphatic hydroxyl groups excluding tert-OH is 1. The second-order valence-corrected chi connectivity index (χ2v) is 6.56. The highest BCUT2D eigenvalue weighted by molar-refractivity contribution is 7.89. The standard InChI is InChI=1S/C13H19NO3S/c1-10(9-15)14-18(16,17)13-7-6-11-4-2-3-5-12(11)8-13/h6-8,10,14-15H,2-5,9H2,1H3/t10-/m0/s1. The van der Waals surface area contributed by atoms with E-state index >= 15 is 0 Å². The van der Waals surface area contributed by atoms with Crippen molar-refractivity contribution in [1.29, 1.82) is 0 Å². The van der Waals surface area contributed by atoms with Crippen molar-refractivity contribution in [3.8, 4) is 0 Å². The van der Waals surface area contributed by atoms with E-state index in [4.69, 9.17) is 5.11 Å². The molecule has 2 N–H and O–H groups in total. The number of sulfonamides is 1. The van der Waals surface area contributed by atoms with Crippen LogP contribution in [0.5, 0.6) is 0 Å². The van der Waals surface area contributed by atoms with E-state index in [-0.39, 0.29) is 6.61 Å². The van der Waals surface area contributed by atoms with E-state index in [9.17, 15) is 8.42 Å². The smallest absolute Gasteiger partial charge is 0.240 e. The fourth-order valence-corrected chi connectivity index (χ4v) is 3.53. The number of benzene rings is 1. The zero-order valence-electron chi connectivity index (χ0n) is 10.5. The Hall–Kier alpha value is -0.910. The summed E-state index contributed by atoms with van der Waals surface area (Å²) in [7, 11) is -3.52. The summed E-state index contributed by atoms with van der Waals surface area (Å²) in [6, 6.07) is 4.86. The van der Waals surface area contributed by atoms with E-state index in [1.54, 1.807) is 19.1 Å². The monoisotopic (exact) mass is 269 g/mol. The van der Waals surface area contributed by atoms with Crippen molar-refractivity contribution in [3.63, 3.8) is 0 Å². The van der Waals surface area contributed by atoms with Gasteiger partial charge in [-0.1, -0.05) is 6.07 Å². The van der Waals surface area contributed by atoms with Crippen LogP contribution < -0.4 is 4.72 Å². The average molecular weight is 269 g/mol. The maximum Gasteiger partial charge on any atom is 0.240 e. The minimum Gasteiger partial charge on any atom is -0.395 e. The Balaban J connectivity index is 2.28. The van der Waals surface area contributed by atoms with Gasteiger partial charge in [0.25, 0.3) is 0 Å². The molecule has 0 aliphatic heterocycles. The molecule has 1 aliphatic rings. The first-order chi connectivity index (χ1) is 8.53. The van der Waals surface area contributed by atoms with Crippen molar-refractivity contribution in [2.75, 3.05) is 6.61 Å². The zero-order chi connectivity index (χ0) is 13.2. The lowest BCUT2D eigenvalue weighted by molar-refractivity contribution is 0.265. The predicted molar refractivity (Wildman–Crippen MR) is 70.0 cm³/mol. The van der Waals surface area contributed by atoms with Crippen molar-refractivity contribution >= 4 is 10.0 Å². The first-order valence-electron chi connectivity index (χ1n) is 6.28. The molecule has 0 fully saturated rings. The summed E-state index contributed by atoms with van der Waals surface area (Å²) in [5.41, 5.74) is 2.40. The molecule has 5 heteroatoms. The van der Waals surface area contributed by atoms with Crippen LogP contribution in [0, 0.1) is 0 Å². The van der Waals surface area contributed by atoms with Gasteiger partial charge in [0.05, 0.1) is 11.5 Å². The number of fused-ring (bicyclic) bond motifs is 1. The normalized spacial score (nSPS) is 17.2. The molecule has 1 aliphatic carbocycles. The van der Waals surface area contributed by atoms with Crippen LogP contribution in [0.4, 0.5) is 0 Å². The van der Waals surface area contributed by atoms with E-state index in [1.165, 1.54) is 12.0 Å². The number of hydrogen-bond donors (Lipinski definition) is 2. The van der Waals surface area contributed by atoms with Gasteiger partial charge >= 0.3 is 0 Å². The van der Waals surface area contributed by atoms with Crippen molar-refractivity contribution in [3.05, 3.63) is 29.3 Å². The summed E-state index contributed by atoms with van der Waals surface area (Å²) in [4.78, 5) is 0.295. The molecule has 18 heavy (non-hydrogen) atoms. The average Bonchev–Trinajstić information content (AvgIpc) is 2.37. The summed E-state index contributed by atoms with van der Waals surface area (Å²) in [6.45, 7) is 1.43. The van der Waals surface area contributed by atoms with E-state index in [0.717, 1.165) is 24.8 Å². The molecule has 0 amide bonds. The molecular formula is C13H19NO3S. The molecule has 1 aromatic rings. The Kier molecular flexibility index (Phi) is 4.04. The molecule has 0 heterocycles.